The van der Waals surface area contributed by atoms with Crippen molar-refractivity contribution in [2.24, 2.45) is 5.10 Å². The molecule has 4 heteroatoms. The molecule has 0 bridgehead atoms. The van der Waals surface area contributed by atoms with Crippen molar-refractivity contribution in [1.29, 1.82) is 0 Å². The minimum atomic E-state index is 0.685. The van der Waals surface area contributed by atoms with Crippen molar-refractivity contribution in [3.8, 4) is 0 Å². The van der Waals surface area contributed by atoms with Gasteiger partial charge in [-0.1, -0.05) is 13.5 Å². The molecule has 1 aromatic heterocycles. The van der Waals surface area contributed by atoms with Crippen LogP contribution in [0.3, 0.4) is 0 Å². The molecule has 0 spiro atoms. The van der Waals surface area contributed by atoms with Gasteiger partial charge in [-0.05, 0) is 26.3 Å². The lowest BCUT2D eigenvalue weighted by atomic mass is 10.3. The van der Waals surface area contributed by atoms with E-state index in [4.69, 9.17) is 0 Å². The van der Waals surface area contributed by atoms with E-state index in [2.05, 4.69) is 28.7 Å². The standard InChI is InChI=1S/C9H14N4/c1-5-7(3)11-13-9(6-2)10-8(4)12-13/h6H,2,5H2,1,3-4H3/b11-7-. The summed E-state index contributed by atoms with van der Waals surface area (Å²) < 4.78 is 0. The first-order chi connectivity index (χ1) is 6.17. The summed E-state index contributed by atoms with van der Waals surface area (Å²) in [6, 6.07) is 0. The van der Waals surface area contributed by atoms with Gasteiger partial charge in [-0.25, -0.2) is 4.98 Å². The van der Waals surface area contributed by atoms with Crippen LogP contribution in [0.5, 0.6) is 0 Å². The molecule has 0 amide bonds. The smallest absolute Gasteiger partial charge is 0.175 e. The maximum Gasteiger partial charge on any atom is 0.175 e. The van der Waals surface area contributed by atoms with Crippen molar-refractivity contribution in [3.05, 3.63) is 18.2 Å². The topological polar surface area (TPSA) is 43.1 Å². The number of rotatable bonds is 3. The first-order valence-corrected chi connectivity index (χ1v) is 4.28. The van der Waals surface area contributed by atoms with Crippen molar-refractivity contribution in [2.75, 3.05) is 0 Å². The van der Waals surface area contributed by atoms with Crippen LogP contribution in [0.2, 0.25) is 0 Å². The highest BCUT2D eigenvalue weighted by atomic mass is 15.5. The number of nitrogens with zero attached hydrogens (tertiary/aromatic N) is 4. The van der Waals surface area contributed by atoms with Gasteiger partial charge in [-0.15, -0.1) is 9.89 Å². The third-order valence-electron chi connectivity index (χ3n) is 1.68. The van der Waals surface area contributed by atoms with Crippen LogP contribution < -0.4 is 0 Å². The number of aromatic nitrogens is 3. The molecule has 13 heavy (non-hydrogen) atoms. The number of hydrogen-bond acceptors (Lipinski definition) is 3. The van der Waals surface area contributed by atoms with Gasteiger partial charge in [0.25, 0.3) is 0 Å². The minimum absolute atomic E-state index is 0.685. The highest BCUT2D eigenvalue weighted by molar-refractivity contribution is 5.81. The van der Waals surface area contributed by atoms with Crippen molar-refractivity contribution in [3.63, 3.8) is 0 Å². The Morgan fingerprint density at radius 1 is 1.69 bits per heavy atom. The molecule has 0 saturated heterocycles. The Bertz CT molecular complexity index is 335. The fourth-order valence-electron chi connectivity index (χ4n) is 0.854. The number of hydrogen-bond donors (Lipinski definition) is 0. The second-order valence-electron chi connectivity index (χ2n) is 2.80. The summed E-state index contributed by atoms with van der Waals surface area (Å²) >= 11 is 0. The monoisotopic (exact) mass is 178 g/mol. The Hall–Kier alpha value is -1.45. The third kappa shape index (κ3) is 2.24. The molecule has 1 aromatic rings. The molecule has 0 aromatic carbocycles. The molecule has 0 N–H and O–H groups in total. The van der Waals surface area contributed by atoms with E-state index in [0.29, 0.717) is 11.6 Å². The fraction of sp³-hybridized carbons (Fsp3) is 0.444. The van der Waals surface area contributed by atoms with E-state index >= 15 is 0 Å². The zero-order valence-corrected chi connectivity index (χ0v) is 8.28. The molecule has 0 aliphatic heterocycles. The van der Waals surface area contributed by atoms with E-state index in [-0.39, 0.29) is 0 Å². The predicted molar refractivity (Wildman–Crippen MR) is 53.6 cm³/mol. The van der Waals surface area contributed by atoms with E-state index in [1.807, 2.05) is 13.8 Å². The van der Waals surface area contributed by atoms with Crippen LogP contribution in [-0.2, 0) is 0 Å². The SMILES string of the molecule is C=Cc1nc(C)nn1/N=C(/C)CC. The molecule has 4 nitrogen and oxygen atoms in total. The van der Waals surface area contributed by atoms with Gasteiger partial charge in [0.05, 0.1) is 0 Å². The molecule has 0 unspecified atom stereocenters. The van der Waals surface area contributed by atoms with Crippen molar-refractivity contribution in [2.45, 2.75) is 27.2 Å². The van der Waals surface area contributed by atoms with E-state index < -0.39 is 0 Å². The van der Waals surface area contributed by atoms with Gasteiger partial charge < -0.3 is 0 Å². The molecule has 1 rings (SSSR count). The highest BCUT2D eigenvalue weighted by Crippen LogP contribution is 1.99. The molecule has 0 aliphatic carbocycles. The summed E-state index contributed by atoms with van der Waals surface area (Å²) in [5.74, 6) is 1.40. The summed E-state index contributed by atoms with van der Waals surface area (Å²) in [6.07, 6.45) is 2.56. The molecule has 0 fully saturated rings. The van der Waals surface area contributed by atoms with Crippen LogP contribution in [-0.4, -0.2) is 20.6 Å². The van der Waals surface area contributed by atoms with E-state index in [0.717, 1.165) is 12.1 Å². The third-order valence-corrected chi connectivity index (χ3v) is 1.68. The summed E-state index contributed by atoms with van der Waals surface area (Å²) in [7, 11) is 0. The molecular weight excluding hydrogens is 164 g/mol. The predicted octanol–water partition coefficient (Wildman–Crippen LogP) is 1.86. The molecule has 0 radical (unpaired) electrons. The maximum absolute atomic E-state index is 4.26. The first-order valence-electron chi connectivity index (χ1n) is 4.28. The Morgan fingerprint density at radius 3 is 2.92 bits per heavy atom. The van der Waals surface area contributed by atoms with Gasteiger partial charge in [-0.2, -0.15) is 5.10 Å². The van der Waals surface area contributed by atoms with E-state index in [1.165, 1.54) is 4.79 Å². The summed E-state index contributed by atoms with van der Waals surface area (Å²) in [5.41, 5.74) is 1.02. The lowest BCUT2D eigenvalue weighted by Gasteiger charge is -1.96. The zero-order valence-electron chi connectivity index (χ0n) is 8.28. The lowest BCUT2D eigenvalue weighted by molar-refractivity contribution is 0.719. The van der Waals surface area contributed by atoms with Gasteiger partial charge in [0.1, 0.15) is 5.82 Å². The molecule has 0 saturated carbocycles. The van der Waals surface area contributed by atoms with Crippen molar-refractivity contribution >= 4 is 11.8 Å². The quantitative estimate of drug-likeness (QED) is 0.663. The Kier molecular flexibility index (Phi) is 2.95. The van der Waals surface area contributed by atoms with Crippen LogP contribution in [0, 0.1) is 6.92 Å². The summed E-state index contributed by atoms with van der Waals surface area (Å²) in [4.78, 5) is 5.66. The normalized spacial score (nSPS) is 11.8. The largest absolute Gasteiger partial charge is 0.210 e. The van der Waals surface area contributed by atoms with E-state index in [9.17, 15) is 0 Å². The highest BCUT2D eigenvalue weighted by Gasteiger charge is 2.01. The molecule has 1 heterocycles. The van der Waals surface area contributed by atoms with Crippen LogP contribution >= 0.6 is 0 Å². The van der Waals surface area contributed by atoms with Crippen LogP contribution in [0.25, 0.3) is 6.08 Å². The van der Waals surface area contributed by atoms with Gasteiger partial charge in [0.2, 0.25) is 0 Å². The molecule has 0 aliphatic rings. The molecule has 0 atom stereocenters. The first kappa shape index (κ1) is 9.64. The summed E-state index contributed by atoms with van der Waals surface area (Å²) in [6.45, 7) is 9.49. The fourth-order valence-corrected chi connectivity index (χ4v) is 0.854. The average Bonchev–Trinajstić information content (AvgIpc) is 2.46. The Balaban J connectivity index is 3.06. The minimum Gasteiger partial charge on any atom is -0.210 e. The van der Waals surface area contributed by atoms with Crippen molar-refractivity contribution < 1.29 is 0 Å². The van der Waals surface area contributed by atoms with Crippen molar-refractivity contribution in [1.82, 2.24) is 14.9 Å². The van der Waals surface area contributed by atoms with Gasteiger partial charge in [0, 0.05) is 5.71 Å². The maximum atomic E-state index is 4.26. The lowest BCUT2D eigenvalue weighted by Crippen LogP contribution is -1.99. The van der Waals surface area contributed by atoms with Gasteiger partial charge in [-0.3, -0.25) is 0 Å². The second kappa shape index (κ2) is 3.98. The Labute approximate surface area is 78.0 Å². The van der Waals surface area contributed by atoms with Gasteiger partial charge in [0.15, 0.2) is 5.82 Å². The molecular formula is C9H14N4. The Morgan fingerprint density at radius 2 is 2.38 bits per heavy atom. The average molecular weight is 178 g/mol. The van der Waals surface area contributed by atoms with Crippen LogP contribution in [0.15, 0.2) is 11.7 Å². The van der Waals surface area contributed by atoms with Crippen LogP contribution in [0.4, 0.5) is 0 Å². The summed E-state index contributed by atoms with van der Waals surface area (Å²) in [5, 5.41) is 8.37. The zero-order chi connectivity index (χ0) is 9.84. The van der Waals surface area contributed by atoms with Crippen LogP contribution in [0.1, 0.15) is 31.9 Å². The van der Waals surface area contributed by atoms with E-state index in [1.54, 1.807) is 6.08 Å². The second-order valence-corrected chi connectivity index (χ2v) is 2.80. The number of aryl methyl sites for hydroxylation is 1. The van der Waals surface area contributed by atoms with Gasteiger partial charge >= 0.3 is 0 Å². The molecule has 70 valence electrons.